The Balaban J connectivity index is 2.07. The Bertz CT molecular complexity index is 415. The van der Waals surface area contributed by atoms with Gasteiger partial charge in [-0.2, -0.15) is 0 Å². The maximum atomic E-state index is 11.4. The minimum atomic E-state index is -0.887. The van der Waals surface area contributed by atoms with Gasteiger partial charge in [0.25, 0.3) is 5.56 Å². The Morgan fingerprint density at radius 3 is 2.87 bits per heavy atom. The first-order chi connectivity index (χ1) is 7.16. The first kappa shape index (κ1) is 10.0. The number of hydrogen-bond donors (Lipinski definition) is 2. The van der Waals surface area contributed by atoms with Crippen LogP contribution >= 0.6 is 0 Å². The van der Waals surface area contributed by atoms with E-state index < -0.39 is 5.97 Å². The molecule has 15 heavy (non-hydrogen) atoms. The molecule has 0 saturated heterocycles. The van der Waals surface area contributed by atoms with Crippen LogP contribution in [0.5, 0.6) is 0 Å². The van der Waals surface area contributed by atoms with Crippen LogP contribution in [0.25, 0.3) is 0 Å². The average Bonchev–Trinajstić information content (AvgIpc) is 2.40. The highest BCUT2D eigenvalue weighted by atomic mass is 16.4. The van der Waals surface area contributed by atoms with Crippen molar-refractivity contribution in [2.45, 2.75) is 38.1 Å². The zero-order chi connectivity index (χ0) is 10.8. The molecule has 1 heterocycles. The number of hydrogen-bond acceptors (Lipinski definition) is 2. The maximum Gasteiger partial charge on any atom is 0.305 e. The second kappa shape index (κ2) is 3.92. The van der Waals surface area contributed by atoms with Crippen molar-refractivity contribution in [1.82, 2.24) is 9.78 Å². The van der Waals surface area contributed by atoms with Gasteiger partial charge in [0, 0.05) is 17.7 Å². The molecule has 1 saturated carbocycles. The van der Waals surface area contributed by atoms with Crippen LogP contribution in [-0.4, -0.2) is 20.9 Å². The van der Waals surface area contributed by atoms with Crippen LogP contribution in [0.1, 0.15) is 37.3 Å². The van der Waals surface area contributed by atoms with Crippen LogP contribution in [0.3, 0.4) is 0 Å². The largest absolute Gasteiger partial charge is 0.481 e. The smallest absolute Gasteiger partial charge is 0.305 e. The zero-order valence-corrected chi connectivity index (χ0v) is 8.40. The number of carbonyl (C=O) groups is 1. The minimum Gasteiger partial charge on any atom is -0.481 e. The Labute approximate surface area is 86.7 Å². The van der Waals surface area contributed by atoms with Crippen molar-refractivity contribution in [1.29, 1.82) is 0 Å². The summed E-state index contributed by atoms with van der Waals surface area (Å²) in [6.07, 6.45) is 3.44. The summed E-state index contributed by atoms with van der Waals surface area (Å²) in [7, 11) is 0. The van der Waals surface area contributed by atoms with E-state index >= 15 is 0 Å². The molecular weight excluding hydrogens is 196 g/mol. The third kappa shape index (κ3) is 2.11. The molecule has 2 rings (SSSR count). The van der Waals surface area contributed by atoms with E-state index in [0.717, 1.165) is 18.5 Å². The second-order valence-corrected chi connectivity index (χ2v) is 3.97. The van der Waals surface area contributed by atoms with Crippen molar-refractivity contribution < 1.29 is 9.90 Å². The molecule has 1 fully saturated rings. The monoisotopic (exact) mass is 210 g/mol. The molecule has 0 bridgehead atoms. The van der Waals surface area contributed by atoms with Gasteiger partial charge in [-0.15, -0.1) is 0 Å². The third-order valence-electron chi connectivity index (χ3n) is 2.90. The molecule has 1 aliphatic carbocycles. The Morgan fingerprint density at radius 1 is 1.60 bits per heavy atom. The van der Waals surface area contributed by atoms with Crippen molar-refractivity contribution in [2.24, 2.45) is 0 Å². The van der Waals surface area contributed by atoms with Gasteiger partial charge in [-0.3, -0.25) is 19.4 Å². The number of carboxylic acids is 1. The lowest BCUT2D eigenvalue weighted by molar-refractivity contribution is -0.137. The summed E-state index contributed by atoms with van der Waals surface area (Å²) in [6.45, 7) is 0.223. The van der Waals surface area contributed by atoms with E-state index in [-0.39, 0.29) is 18.5 Å². The lowest BCUT2D eigenvalue weighted by atomic mass is 9.83. The number of aryl methyl sites for hydroxylation is 1. The van der Waals surface area contributed by atoms with E-state index in [2.05, 4.69) is 5.10 Å². The van der Waals surface area contributed by atoms with Crippen molar-refractivity contribution in [3.05, 3.63) is 22.1 Å². The van der Waals surface area contributed by atoms with Gasteiger partial charge in [-0.05, 0) is 12.8 Å². The predicted octanol–water partition coefficient (Wildman–Crippen LogP) is 0.919. The summed E-state index contributed by atoms with van der Waals surface area (Å²) in [5, 5.41) is 11.5. The van der Waals surface area contributed by atoms with Crippen LogP contribution in [0.2, 0.25) is 0 Å². The zero-order valence-electron chi connectivity index (χ0n) is 8.40. The first-order valence-electron chi connectivity index (χ1n) is 5.18. The highest BCUT2D eigenvalue weighted by molar-refractivity contribution is 5.66. The molecule has 0 atom stereocenters. The van der Waals surface area contributed by atoms with Gasteiger partial charge < -0.3 is 5.11 Å². The molecule has 2 N–H and O–H groups in total. The molecule has 1 aliphatic rings. The number of H-pyrrole nitrogens is 1. The van der Waals surface area contributed by atoms with E-state index in [4.69, 9.17) is 5.11 Å². The van der Waals surface area contributed by atoms with Crippen molar-refractivity contribution in [2.75, 3.05) is 0 Å². The van der Waals surface area contributed by atoms with Gasteiger partial charge in [0.15, 0.2) is 0 Å². The normalized spacial score (nSPS) is 16.3. The maximum absolute atomic E-state index is 11.4. The van der Waals surface area contributed by atoms with E-state index in [1.165, 1.54) is 11.1 Å². The molecule has 0 aromatic carbocycles. The van der Waals surface area contributed by atoms with Gasteiger partial charge in [-0.1, -0.05) is 6.42 Å². The quantitative estimate of drug-likeness (QED) is 0.775. The molecule has 0 spiro atoms. The lowest BCUT2D eigenvalue weighted by Gasteiger charge is -2.23. The van der Waals surface area contributed by atoms with E-state index in [9.17, 15) is 9.59 Å². The van der Waals surface area contributed by atoms with Gasteiger partial charge in [0.1, 0.15) is 0 Å². The highest BCUT2D eigenvalue weighted by Crippen LogP contribution is 2.34. The first-order valence-corrected chi connectivity index (χ1v) is 5.18. The molecule has 1 aromatic rings. The Hall–Kier alpha value is -1.52. The van der Waals surface area contributed by atoms with Gasteiger partial charge in [0.05, 0.1) is 13.0 Å². The number of carboxylic acid groups (broad SMARTS) is 1. The summed E-state index contributed by atoms with van der Waals surface area (Å²) in [5.74, 6) is -0.412. The van der Waals surface area contributed by atoms with Gasteiger partial charge in [0.2, 0.25) is 0 Å². The molecule has 0 amide bonds. The molecule has 5 heteroatoms. The van der Waals surface area contributed by atoms with Crippen LogP contribution < -0.4 is 5.56 Å². The number of aromatic amines is 1. The van der Waals surface area contributed by atoms with E-state index in [1.54, 1.807) is 6.07 Å². The van der Waals surface area contributed by atoms with Crippen molar-refractivity contribution >= 4 is 5.97 Å². The average molecular weight is 210 g/mol. The Kier molecular flexibility index (Phi) is 2.62. The number of nitrogens with one attached hydrogen (secondary N) is 1. The third-order valence-corrected chi connectivity index (χ3v) is 2.90. The standard InChI is InChI=1S/C10H14N2O3/c13-9-6-8(7-2-1-3-7)11-12(9)5-4-10(14)15/h6-7,11H,1-5H2,(H,14,15). The fourth-order valence-corrected chi connectivity index (χ4v) is 1.76. The molecular formula is C10H14N2O3. The summed E-state index contributed by atoms with van der Waals surface area (Å²) in [4.78, 5) is 21.8. The molecule has 0 unspecified atom stereocenters. The minimum absolute atomic E-state index is 0.0233. The van der Waals surface area contributed by atoms with Crippen molar-refractivity contribution in [3.63, 3.8) is 0 Å². The number of aliphatic carboxylic acids is 1. The van der Waals surface area contributed by atoms with Crippen LogP contribution in [-0.2, 0) is 11.3 Å². The van der Waals surface area contributed by atoms with E-state index in [1.807, 2.05) is 0 Å². The fourth-order valence-electron chi connectivity index (χ4n) is 1.76. The van der Waals surface area contributed by atoms with Crippen molar-refractivity contribution in [3.8, 4) is 0 Å². The SMILES string of the molecule is O=C(O)CCn1[nH]c(C2CCC2)cc1=O. The molecule has 5 nitrogen and oxygen atoms in total. The summed E-state index contributed by atoms with van der Waals surface area (Å²) in [5.41, 5.74) is 0.829. The second-order valence-electron chi connectivity index (χ2n) is 3.97. The topological polar surface area (TPSA) is 75.1 Å². The molecule has 0 aliphatic heterocycles. The number of nitrogens with zero attached hydrogens (tertiary/aromatic N) is 1. The Morgan fingerprint density at radius 2 is 2.33 bits per heavy atom. The van der Waals surface area contributed by atoms with Crippen LogP contribution in [0, 0.1) is 0 Å². The number of rotatable bonds is 4. The van der Waals surface area contributed by atoms with Gasteiger partial charge in [-0.25, -0.2) is 0 Å². The van der Waals surface area contributed by atoms with Crippen LogP contribution in [0.4, 0.5) is 0 Å². The van der Waals surface area contributed by atoms with E-state index in [0.29, 0.717) is 5.92 Å². The summed E-state index contributed by atoms with van der Waals surface area (Å²) >= 11 is 0. The fraction of sp³-hybridized carbons (Fsp3) is 0.600. The summed E-state index contributed by atoms with van der Waals surface area (Å²) in [6, 6.07) is 1.59. The molecule has 82 valence electrons. The number of aromatic nitrogens is 2. The predicted molar refractivity (Wildman–Crippen MR) is 53.9 cm³/mol. The van der Waals surface area contributed by atoms with Gasteiger partial charge >= 0.3 is 5.97 Å². The van der Waals surface area contributed by atoms with Crippen LogP contribution in [0.15, 0.2) is 10.9 Å². The summed E-state index contributed by atoms with van der Waals surface area (Å²) < 4.78 is 1.38. The highest BCUT2D eigenvalue weighted by Gasteiger charge is 2.21. The molecule has 0 radical (unpaired) electrons. The lowest BCUT2D eigenvalue weighted by Crippen LogP contribution is -2.18. The molecule has 1 aromatic heterocycles.